The van der Waals surface area contributed by atoms with Crippen molar-refractivity contribution < 1.29 is 19.1 Å². The second-order valence-corrected chi connectivity index (χ2v) is 7.95. The van der Waals surface area contributed by atoms with Gasteiger partial charge in [-0.3, -0.25) is 4.79 Å². The SMILES string of the molecule is Cc1cccc(O[C@H](C)C(=O)OCC(=O)N(C)[C@@H](C)c2nc3ccccc3s2)c1. The summed E-state index contributed by atoms with van der Waals surface area (Å²) >= 11 is 1.55. The predicted octanol–water partition coefficient (Wildman–Crippen LogP) is 4.13. The highest BCUT2D eigenvalue weighted by molar-refractivity contribution is 7.18. The van der Waals surface area contributed by atoms with Crippen LogP contribution in [0.3, 0.4) is 0 Å². The van der Waals surface area contributed by atoms with Gasteiger partial charge in [0.15, 0.2) is 12.7 Å². The number of hydrogen-bond donors (Lipinski definition) is 0. The van der Waals surface area contributed by atoms with E-state index in [1.807, 2.05) is 56.3 Å². The molecule has 0 spiro atoms. The zero-order valence-electron chi connectivity index (χ0n) is 16.9. The molecule has 0 N–H and O–H groups in total. The minimum Gasteiger partial charge on any atom is -0.479 e. The Labute approximate surface area is 174 Å². The average Bonchev–Trinajstić information content (AvgIpc) is 3.14. The van der Waals surface area contributed by atoms with Crippen molar-refractivity contribution in [2.24, 2.45) is 0 Å². The van der Waals surface area contributed by atoms with E-state index in [-0.39, 0.29) is 18.6 Å². The molecule has 1 heterocycles. The van der Waals surface area contributed by atoms with Crippen LogP contribution in [0, 0.1) is 6.92 Å². The van der Waals surface area contributed by atoms with E-state index in [9.17, 15) is 9.59 Å². The lowest BCUT2D eigenvalue weighted by molar-refractivity contribution is -0.157. The van der Waals surface area contributed by atoms with E-state index in [2.05, 4.69) is 4.98 Å². The molecule has 3 rings (SSSR count). The van der Waals surface area contributed by atoms with E-state index >= 15 is 0 Å². The monoisotopic (exact) mass is 412 g/mol. The molecule has 1 amide bonds. The molecular formula is C22H24N2O4S. The van der Waals surface area contributed by atoms with Crippen LogP contribution in [0.1, 0.15) is 30.5 Å². The van der Waals surface area contributed by atoms with Gasteiger partial charge in [0.2, 0.25) is 0 Å². The number of para-hydroxylation sites is 1. The zero-order chi connectivity index (χ0) is 21.0. The Balaban J connectivity index is 1.54. The summed E-state index contributed by atoms with van der Waals surface area (Å²) < 4.78 is 11.8. The van der Waals surface area contributed by atoms with Crippen LogP contribution in [-0.2, 0) is 14.3 Å². The maximum absolute atomic E-state index is 12.5. The predicted molar refractivity (Wildman–Crippen MR) is 113 cm³/mol. The molecule has 3 aromatic rings. The summed E-state index contributed by atoms with van der Waals surface area (Å²) in [5.74, 6) is -0.295. The number of rotatable bonds is 7. The lowest BCUT2D eigenvalue weighted by Gasteiger charge is -2.23. The van der Waals surface area contributed by atoms with Crippen molar-refractivity contribution in [3.8, 4) is 5.75 Å². The number of thiazole rings is 1. The Morgan fingerprint density at radius 1 is 1.14 bits per heavy atom. The Morgan fingerprint density at radius 2 is 1.90 bits per heavy atom. The van der Waals surface area contributed by atoms with Gasteiger partial charge < -0.3 is 14.4 Å². The number of carbonyl (C=O) groups excluding carboxylic acids is 2. The van der Waals surface area contributed by atoms with Gasteiger partial charge in [-0.2, -0.15) is 0 Å². The van der Waals surface area contributed by atoms with E-state index in [1.54, 1.807) is 31.4 Å². The summed E-state index contributed by atoms with van der Waals surface area (Å²) in [6, 6.07) is 15.0. The van der Waals surface area contributed by atoms with Crippen molar-refractivity contribution in [2.45, 2.75) is 32.9 Å². The third-order valence-electron chi connectivity index (χ3n) is 4.61. The van der Waals surface area contributed by atoms with Crippen LogP contribution in [0.5, 0.6) is 5.75 Å². The van der Waals surface area contributed by atoms with E-state index in [0.29, 0.717) is 5.75 Å². The zero-order valence-corrected chi connectivity index (χ0v) is 17.7. The molecule has 6 nitrogen and oxygen atoms in total. The number of nitrogens with zero attached hydrogens (tertiary/aromatic N) is 2. The number of amides is 1. The summed E-state index contributed by atoms with van der Waals surface area (Å²) in [6.07, 6.45) is -0.809. The molecule has 29 heavy (non-hydrogen) atoms. The number of fused-ring (bicyclic) bond motifs is 1. The molecular weight excluding hydrogens is 388 g/mol. The van der Waals surface area contributed by atoms with Gasteiger partial charge in [0, 0.05) is 7.05 Å². The molecule has 0 bridgehead atoms. The van der Waals surface area contributed by atoms with Gasteiger partial charge in [-0.25, -0.2) is 9.78 Å². The lowest BCUT2D eigenvalue weighted by atomic mass is 10.2. The van der Waals surface area contributed by atoms with Crippen molar-refractivity contribution in [3.05, 3.63) is 59.1 Å². The normalized spacial score (nSPS) is 13.0. The van der Waals surface area contributed by atoms with Crippen LogP contribution in [0.4, 0.5) is 0 Å². The Bertz CT molecular complexity index is 984. The van der Waals surface area contributed by atoms with Crippen molar-refractivity contribution in [1.82, 2.24) is 9.88 Å². The average molecular weight is 413 g/mol. The molecule has 0 saturated carbocycles. The van der Waals surface area contributed by atoms with Crippen molar-refractivity contribution in [1.29, 1.82) is 0 Å². The fraction of sp³-hybridized carbons (Fsp3) is 0.318. The third-order valence-corrected chi connectivity index (χ3v) is 5.82. The number of aromatic nitrogens is 1. The van der Waals surface area contributed by atoms with Gasteiger partial charge in [0.25, 0.3) is 5.91 Å². The molecule has 0 aliphatic rings. The number of carbonyl (C=O) groups is 2. The van der Waals surface area contributed by atoms with Crippen molar-refractivity contribution in [2.75, 3.05) is 13.7 Å². The summed E-state index contributed by atoms with van der Waals surface area (Å²) in [6.45, 7) is 5.10. The lowest BCUT2D eigenvalue weighted by Crippen LogP contribution is -2.35. The molecule has 1 aromatic heterocycles. The first kappa shape index (κ1) is 20.8. The highest BCUT2D eigenvalue weighted by atomic mass is 32.1. The number of hydrogen-bond acceptors (Lipinski definition) is 6. The fourth-order valence-corrected chi connectivity index (χ4v) is 3.81. The molecule has 7 heteroatoms. The summed E-state index contributed by atoms with van der Waals surface area (Å²) in [5, 5.41) is 0.838. The summed E-state index contributed by atoms with van der Waals surface area (Å²) in [7, 11) is 1.68. The maximum Gasteiger partial charge on any atom is 0.347 e. The Kier molecular flexibility index (Phi) is 6.49. The molecule has 0 saturated heterocycles. The van der Waals surface area contributed by atoms with E-state index in [1.165, 1.54) is 4.90 Å². The molecule has 0 radical (unpaired) electrons. The fourth-order valence-electron chi connectivity index (χ4n) is 2.74. The van der Waals surface area contributed by atoms with Crippen LogP contribution in [0.25, 0.3) is 10.2 Å². The summed E-state index contributed by atoms with van der Waals surface area (Å²) in [5.41, 5.74) is 1.94. The van der Waals surface area contributed by atoms with Gasteiger partial charge >= 0.3 is 5.97 Å². The van der Waals surface area contributed by atoms with Gasteiger partial charge in [-0.05, 0) is 50.6 Å². The molecule has 0 aliphatic heterocycles. The number of likely N-dealkylation sites (N-methyl/N-ethyl adjacent to an activating group) is 1. The van der Waals surface area contributed by atoms with E-state index < -0.39 is 12.1 Å². The number of esters is 1. The maximum atomic E-state index is 12.5. The Morgan fingerprint density at radius 3 is 2.62 bits per heavy atom. The largest absolute Gasteiger partial charge is 0.479 e. The molecule has 152 valence electrons. The number of benzene rings is 2. The van der Waals surface area contributed by atoms with Gasteiger partial charge in [-0.1, -0.05) is 24.3 Å². The van der Waals surface area contributed by atoms with Crippen LogP contribution >= 0.6 is 11.3 Å². The third kappa shape index (κ3) is 5.12. The highest BCUT2D eigenvalue weighted by Gasteiger charge is 2.23. The molecule has 2 atom stereocenters. The second-order valence-electron chi connectivity index (χ2n) is 6.88. The summed E-state index contributed by atoms with van der Waals surface area (Å²) in [4.78, 5) is 30.8. The van der Waals surface area contributed by atoms with Crippen LogP contribution in [0.2, 0.25) is 0 Å². The van der Waals surface area contributed by atoms with Crippen LogP contribution < -0.4 is 4.74 Å². The molecule has 0 aliphatic carbocycles. The van der Waals surface area contributed by atoms with Crippen LogP contribution in [-0.4, -0.2) is 41.5 Å². The van der Waals surface area contributed by atoms with Gasteiger partial charge in [0.05, 0.1) is 16.3 Å². The Hall–Kier alpha value is -2.93. The number of aryl methyl sites for hydroxylation is 1. The minimum absolute atomic E-state index is 0.223. The standard InChI is InChI=1S/C22H24N2O4S/c1-14-8-7-9-17(12-14)28-16(3)22(26)27-13-20(25)24(4)15(2)21-23-18-10-5-6-11-19(18)29-21/h5-12,15-16H,13H2,1-4H3/t15-,16+/m0/s1. The number of ether oxygens (including phenoxy) is 2. The molecule has 2 aromatic carbocycles. The minimum atomic E-state index is -0.809. The van der Waals surface area contributed by atoms with E-state index in [0.717, 1.165) is 20.8 Å². The van der Waals surface area contributed by atoms with Crippen molar-refractivity contribution in [3.63, 3.8) is 0 Å². The molecule has 0 unspecified atom stereocenters. The van der Waals surface area contributed by atoms with E-state index in [4.69, 9.17) is 9.47 Å². The smallest absolute Gasteiger partial charge is 0.347 e. The first-order valence-electron chi connectivity index (χ1n) is 9.36. The first-order chi connectivity index (χ1) is 13.8. The molecule has 0 fully saturated rings. The van der Waals surface area contributed by atoms with Crippen molar-refractivity contribution >= 4 is 33.4 Å². The topological polar surface area (TPSA) is 68.7 Å². The highest BCUT2D eigenvalue weighted by Crippen LogP contribution is 2.28. The second kappa shape index (κ2) is 9.05. The first-order valence-corrected chi connectivity index (χ1v) is 10.2. The van der Waals surface area contributed by atoms with Crippen LogP contribution in [0.15, 0.2) is 48.5 Å². The quantitative estimate of drug-likeness (QED) is 0.546. The van der Waals surface area contributed by atoms with Gasteiger partial charge in [0.1, 0.15) is 10.8 Å². The van der Waals surface area contributed by atoms with Gasteiger partial charge in [-0.15, -0.1) is 11.3 Å².